The van der Waals surface area contributed by atoms with Crippen LogP contribution in [0.25, 0.3) is 0 Å². The highest BCUT2D eigenvalue weighted by Gasteiger charge is 2.13. The largest absolute Gasteiger partial charge is 0.356 e. The minimum absolute atomic E-state index is 0.0212. The minimum atomic E-state index is -0.459. The van der Waals surface area contributed by atoms with Crippen LogP contribution in [0, 0.1) is 0 Å². The van der Waals surface area contributed by atoms with Gasteiger partial charge in [0.1, 0.15) is 0 Å². The summed E-state index contributed by atoms with van der Waals surface area (Å²) in [4.78, 5) is 72.4. The van der Waals surface area contributed by atoms with E-state index in [1.807, 2.05) is 0 Å². The van der Waals surface area contributed by atoms with Gasteiger partial charge in [-0.25, -0.2) is 15.2 Å². The Kier molecular flexibility index (Phi) is 22.3. The molecule has 0 radical (unpaired) electrons. The number of rotatable bonds is 24. The number of amides is 6. The Morgan fingerprint density at radius 2 is 0.721 bits per heavy atom. The van der Waals surface area contributed by atoms with Crippen molar-refractivity contribution in [2.45, 2.75) is 78.6 Å². The van der Waals surface area contributed by atoms with Gasteiger partial charge in [-0.1, -0.05) is 20.8 Å². The Labute approximate surface area is 253 Å². The van der Waals surface area contributed by atoms with Crippen molar-refractivity contribution in [2.75, 3.05) is 58.9 Å². The molecule has 6 amide bonds. The van der Waals surface area contributed by atoms with Crippen LogP contribution < -0.4 is 16.0 Å². The van der Waals surface area contributed by atoms with Crippen LogP contribution in [0.4, 0.5) is 0 Å². The van der Waals surface area contributed by atoms with Crippen LogP contribution >= 0.6 is 0 Å². The van der Waals surface area contributed by atoms with E-state index in [4.69, 9.17) is 0 Å². The third kappa shape index (κ3) is 20.2. The molecule has 0 saturated carbocycles. The summed E-state index contributed by atoms with van der Waals surface area (Å²) in [7, 11) is 0. The first-order valence-corrected chi connectivity index (χ1v) is 14.9. The normalized spacial score (nSPS) is 10.7. The van der Waals surface area contributed by atoms with E-state index in [1.54, 1.807) is 20.8 Å². The summed E-state index contributed by atoms with van der Waals surface area (Å²) in [5.74, 6) is -2.24. The summed E-state index contributed by atoms with van der Waals surface area (Å²) in [6.45, 7) is 7.62. The van der Waals surface area contributed by atoms with E-state index >= 15 is 0 Å². The van der Waals surface area contributed by atoms with Crippen molar-refractivity contribution in [3.63, 3.8) is 0 Å². The first-order chi connectivity index (χ1) is 20.4. The third-order valence-electron chi connectivity index (χ3n) is 6.34. The fraction of sp³-hybridized carbons (Fsp3) is 0.778. The Balaban J connectivity index is 4.56. The second kappa shape index (κ2) is 24.1. The van der Waals surface area contributed by atoms with Crippen molar-refractivity contribution >= 4 is 35.4 Å². The molecular weight excluding hydrogens is 566 g/mol. The van der Waals surface area contributed by atoms with Crippen molar-refractivity contribution in [1.82, 2.24) is 36.0 Å². The SMILES string of the molecule is CCC(=O)N(O)CCC(=O)NCCCN(CCCNC(=O)CCN(O)C(=O)CC)CCCNC(=O)CCN(O)C(=O)CC. The first kappa shape index (κ1) is 39.7. The molecule has 0 rings (SSSR count). The summed E-state index contributed by atoms with van der Waals surface area (Å²) in [6, 6.07) is 0. The Morgan fingerprint density at radius 3 is 0.953 bits per heavy atom. The molecule has 0 spiro atoms. The molecule has 0 aromatic carbocycles. The van der Waals surface area contributed by atoms with Gasteiger partial charge in [0.2, 0.25) is 35.4 Å². The lowest BCUT2D eigenvalue weighted by Gasteiger charge is -2.23. The lowest BCUT2D eigenvalue weighted by atomic mass is 10.2. The van der Waals surface area contributed by atoms with Gasteiger partial charge in [0.05, 0.1) is 19.6 Å². The van der Waals surface area contributed by atoms with Crippen molar-refractivity contribution in [3.05, 3.63) is 0 Å². The van der Waals surface area contributed by atoms with Crippen LogP contribution in [-0.2, 0) is 28.8 Å². The number of carbonyl (C=O) groups is 6. The molecule has 43 heavy (non-hydrogen) atoms. The highest BCUT2D eigenvalue weighted by Crippen LogP contribution is 1.99. The zero-order valence-corrected chi connectivity index (χ0v) is 25.8. The molecule has 16 nitrogen and oxygen atoms in total. The van der Waals surface area contributed by atoms with Crippen molar-refractivity contribution in [3.8, 4) is 0 Å². The maximum absolute atomic E-state index is 12.0. The van der Waals surface area contributed by atoms with Gasteiger partial charge in [0.25, 0.3) is 0 Å². The molecule has 0 aliphatic heterocycles. The quantitative estimate of drug-likeness (QED) is 0.0479. The zero-order chi connectivity index (χ0) is 32.6. The number of hydrogen-bond acceptors (Lipinski definition) is 10. The lowest BCUT2D eigenvalue weighted by molar-refractivity contribution is -0.166. The van der Waals surface area contributed by atoms with Crippen LogP contribution in [0.15, 0.2) is 0 Å². The first-order valence-electron chi connectivity index (χ1n) is 14.9. The Morgan fingerprint density at radius 1 is 0.465 bits per heavy atom. The molecule has 0 fully saturated rings. The third-order valence-corrected chi connectivity index (χ3v) is 6.34. The van der Waals surface area contributed by atoms with Gasteiger partial charge in [0, 0.05) is 58.2 Å². The number of carbonyl (C=O) groups excluding carboxylic acids is 6. The molecule has 0 aliphatic carbocycles. The smallest absolute Gasteiger partial charge is 0.245 e. The molecular formula is C27H51N7O9. The van der Waals surface area contributed by atoms with Crippen LogP contribution in [0.5, 0.6) is 0 Å². The van der Waals surface area contributed by atoms with Crippen molar-refractivity contribution in [1.29, 1.82) is 0 Å². The number of hydroxylamine groups is 6. The van der Waals surface area contributed by atoms with Gasteiger partial charge < -0.3 is 20.9 Å². The highest BCUT2D eigenvalue weighted by molar-refractivity contribution is 5.79. The van der Waals surface area contributed by atoms with E-state index in [0.717, 1.165) is 0 Å². The van der Waals surface area contributed by atoms with Crippen molar-refractivity contribution < 1.29 is 44.4 Å². The maximum Gasteiger partial charge on any atom is 0.245 e. The van der Waals surface area contributed by atoms with E-state index in [1.165, 1.54) is 0 Å². The molecule has 0 aliphatic rings. The second-order valence-electron chi connectivity index (χ2n) is 9.81. The Bertz CT molecular complexity index is 766. The van der Waals surface area contributed by atoms with Gasteiger partial charge in [-0.15, -0.1) is 0 Å². The number of hydrogen-bond donors (Lipinski definition) is 6. The van der Waals surface area contributed by atoms with Crippen LogP contribution in [0.1, 0.15) is 78.6 Å². The highest BCUT2D eigenvalue weighted by atomic mass is 16.5. The van der Waals surface area contributed by atoms with E-state index in [2.05, 4.69) is 20.9 Å². The summed E-state index contributed by atoms with van der Waals surface area (Å²) in [5.41, 5.74) is 0. The molecule has 6 N–H and O–H groups in total. The van der Waals surface area contributed by atoms with E-state index < -0.39 is 17.7 Å². The average molecular weight is 618 g/mol. The fourth-order valence-electron chi connectivity index (χ4n) is 3.74. The summed E-state index contributed by atoms with van der Waals surface area (Å²) < 4.78 is 0. The van der Waals surface area contributed by atoms with Gasteiger partial charge in [-0.2, -0.15) is 0 Å². The maximum atomic E-state index is 12.0. The predicted octanol–water partition coefficient (Wildman–Crippen LogP) is -0.139. The Hall–Kier alpha value is -3.34. The van der Waals surface area contributed by atoms with Gasteiger partial charge in [-0.05, 0) is 38.9 Å². The monoisotopic (exact) mass is 617 g/mol. The molecule has 0 atom stereocenters. The zero-order valence-electron chi connectivity index (χ0n) is 25.8. The van der Waals surface area contributed by atoms with Gasteiger partial charge in [-0.3, -0.25) is 44.4 Å². The molecule has 248 valence electrons. The average Bonchev–Trinajstić information content (AvgIpc) is 3.01. The molecule has 0 bridgehead atoms. The molecule has 0 saturated heterocycles. The molecule has 0 heterocycles. The topological polar surface area (TPSA) is 212 Å². The summed E-state index contributed by atoms with van der Waals surface area (Å²) >= 11 is 0. The summed E-state index contributed by atoms with van der Waals surface area (Å²) in [5, 5.41) is 38.5. The van der Waals surface area contributed by atoms with E-state index in [0.29, 0.717) is 73.7 Å². The minimum Gasteiger partial charge on any atom is -0.356 e. The molecule has 16 heteroatoms. The van der Waals surface area contributed by atoms with Gasteiger partial charge in [0.15, 0.2) is 0 Å². The second-order valence-corrected chi connectivity index (χ2v) is 9.81. The van der Waals surface area contributed by atoms with Crippen LogP contribution in [0.2, 0.25) is 0 Å². The van der Waals surface area contributed by atoms with Crippen LogP contribution in [-0.4, -0.2) is 130 Å². The lowest BCUT2D eigenvalue weighted by Crippen LogP contribution is -2.36. The molecule has 0 aromatic heterocycles. The molecule has 0 aromatic rings. The van der Waals surface area contributed by atoms with Crippen LogP contribution in [0.3, 0.4) is 0 Å². The predicted molar refractivity (Wildman–Crippen MR) is 155 cm³/mol. The summed E-state index contributed by atoms with van der Waals surface area (Å²) in [6.07, 6.45) is 2.23. The van der Waals surface area contributed by atoms with Crippen molar-refractivity contribution in [2.24, 2.45) is 0 Å². The number of nitrogens with one attached hydrogen (secondary N) is 3. The fourth-order valence-corrected chi connectivity index (χ4v) is 3.74. The van der Waals surface area contributed by atoms with E-state index in [9.17, 15) is 44.4 Å². The molecule has 0 unspecified atom stereocenters. The standard InChI is InChI=1S/C27H51N7O9/c1-4-25(38)32(41)19-10-22(35)28-13-7-16-31(17-8-14-29-23(36)11-20-33(42)26(39)5-2)18-9-15-30-24(37)12-21-34(43)27(40)6-3/h41-43H,4-21H2,1-3H3,(H,28,35)(H,29,36)(H,30,37). The van der Waals surface area contributed by atoms with E-state index in [-0.39, 0.29) is 75.9 Å². The number of nitrogens with zero attached hydrogens (tertiary/aromatic N) is 4. The van der Waals surface area contributed by atoms with Gasteiger partial charge >= 0.3 is 0 Å².